The van der Waals surface area contributed by atoms with Crippen molar-refractivity contribution < 1.29 is 0 Å². The van der Waals surface area contributed by atoms with E-state index in [1.54, 1.807) is 0 Å². The highest BCUT2D eigenvalue weighted by molar-refractivity contribution is 5.80. The van der Waals surface area contributed by atoms with E-state index in [0.717, 1.165) is 32.0 Å². The zero-order valence-electron chi connectivity index (χ0n) is 12.0. The molecule has 1 aliphatic heterocycles. The van der Waals surface area contributed by atoms with Gasteiger partial charge in [0.25, 0.3) is 0 Å². The van der Waals surface area contributed by atoms with Gasteiger partial charge in [-0.05, 0) is 33.4 Å². The Hall–Kier alpha value is -0.770. The zero-order chi connectivity index (χ0) is 12.8. The van der Waals surface area contributed by atoms with E-state index in [9.17, 15) is 0 Å². The normalized spacial score (nSPS) is 24.1. The van der Waals surface area contributed by atoms with Gasteiger partial charge in [0.15, 0.2) is 5.96 Å². The largest absolute Gasteiger partial charge is 0.356 e. The molecule has 0 unspecified atom stereocenters. The van der Waals surface area contributed by atoms with E-state index in [4.69, 9.17) is 0 Å². The minimum atomic E-state index is 0.318. The van der Waals surface area contributed by atoms with Gasteiger partial charge in [-0.2, -0.15) is 0 Å². The molecule has 2 rings (SSSR count). The summed E-state index contributed by atoms with van der Waals surface area (Å²) in [7, 11) is 4.45. The molecule has 1 heterocycles. The van der Waals surface area contributed by atoms with Gasteiger partial charge in [0.05, 0.1) is 0 Å². The maximum atomic E-state index is 4.50. The summed E-state index contributed by atoms with van der Waals surface area (Å²) in [5, 5.41) is 6.89. The van der Waals surface area contributed by atoms with Crippen molar-refractivity contribution in [3.63, 3.8) is 0 Å². The molecular formula is C14H28N4. The van der Waals surface area contributed by atoms with Crippen LogP contribution in [0.15, 0.2) is 4.99 Å². The number of nitrogens with one attached hydrogen (secondary N) is 2. The van der Waals surface area contributed by atoms with Gasteiger partial charge in [0.2, 0.25) is 0 Å². The Bertz CT molecular complexity index is 278. The third kappa shape index (κ3) is 3.37. The third-order valence-electron chi connectivity index (χ3n) is 4.47. The van der Waals surface area contributed by atoms with Crippen molar-refractivity contribution in [2.45, 2.75) is 50.5 Å². The molecule has 1 fully saturated rings. The lowest BCUT2D eigenvalue weighted by Crippen LogP contribution is -2.54. The Balaban J connectivity index is 1.94. The van der Waals surface area contributed by atoms with Gasteiger partial charge in [0.1, 0.15) is 0 Å². The predicted molar refractivity (Wildman–Crippen MR) is 77.0 cm³/mol. The van der Waals surface area contributed by atoms with Crippen molar-refractivity contribution in [1.29, 1.82) is 0 Å². The highest BCUT2D eigenvalue weighted by Gasteiger charge is 2.33. The van der Waals surface area contributed by atoms with Crippen molar-refractivity contribution in [3.8, 4) is 0 Å². The van der Waals surface area contributed by atoms with Crippen molar-refractivity contribution in [2.75, 3.05) is 33.7 Å². The van der Waals surface area contributed by atoms with Crippen LogP contribution in [-0.2, 0) is 0 Å². The second kappa shape index (κ2) is 6.41. The number of likely N-dealkylation sites (N-methyl/N-ethyl adjacent to an activating group) is 1. The summed E-state index contributed by atoms with van der Waals surface area (Å²) in [5.74, 6) is 1.01. The lowest BCUT2D eigenvalue weighted by atomic mass is 9.89. The molecule has 0 amide bonds. The van der Waals surface area contributed by atoms with Crippen LogP contribution in [0.4, 0.5) is 0 Å². The van der Waals surface area contributed by atoms with E-state index >= 15 is 0 Å². The number of hydrogen-bond donors (Lipinski definition) is 2. The molecule has 1 saturated carbocycles. The first-order chi connectivity index (χ1) is 8.73. The maximum absolute atomic E-state index is 4.50. The average molecular weight is 252 g/mol. The summed E-state index contributed by atoms with van der Waals surface area (Å²) in [6.07, 6.45) is 9.29. The van der Waals surface area contributed by atoms with Crippen molar-refractivity contribution in [2.24, 2.45) is 4.99 Å². The van der Waals surface area contributed by atoms with Crippen molar-refractivity contribution in [3.05, 3.63) is 0 Å². The Kier molecular flexibility index (Phi) is 4.87. The van der Waals surface area contributed by atoms with E-state index < -0.39 is 0 Å². The number of aliphatic imine (C=N–C) groups is 1. The maximum Gasteiger partial charge on any atom is 0.191 e. The first-order valence-corrected chi connectivity index (χ1v) is 7.43. The van der Waals surface area contributed by atoms with Crippen LogP contribution in [0.1, 0.15) is 44.9 Å². The van der Waals surface area contributed by atoms with Gasteiger partial charge < -0.3 is 15.5 Å². The predicted octanol–water partition coefficient (Wildman–Crippen LogP) is 1.58. The van der Waals surface area contributed by atoms with Gasteiger partial charge in [-0.1, -0.05) is 25.7 Å². The third-order valence-corrected chi connectivity index (χ3v) is 4.47. The molecular weight excluding hydrogens is 224 g/mol. The SMILES string of the molecule is CN(C)C1(CNC2=NCCCN2)CCCCCC1. The molecule has 0 radical (unpaired) electrons. The zero-order valence-corrected chi connectivity index (χ0v) is 12.0. The second-order valence-corrected chi connectivity index (χ2v) is 5.90. The number of rotatable bonds is 3. The molecule has 0 bridgehead atoms. The minimum absolute atomic E-state index is 0.318. The number of guanidine groups is 1. The highest BCUT2D eigenvalue weighted by atomic mass is 15.2. The molecule has 4 nitrogen and oxygen atoms in total. The van der Waals surface area contributed by atoms with Crippen molar-refractivity contribution in [1.82, 2.24) is 15.5 Å². The monoisotopic (exact) mass is 252 g/mol. The fourth-order valence-corrected chi connectivity index (χ4v) is 3.07. The molecule has 1 aliphatic carbocycles. The smallest absolute Gasteiger partial charge is 0.191 e. The lowest BCUT2D eigenvalue weighted by molar-refractivity contribution is 0.132. The summed E-state index contributed by atoms with van der Waals surface area (Å²) in [5.41, 5.74) is 0.318. The van der Waals surface area contributed by atoms with Crippen LogP contribution in [-0.4, -0.2) is 50.1 Å². The molecule has 0 aromatic carbocycles. The summed E-state index contributed by atoms with van der Waals surface area (Å²) in [4.78, 5) is 6.93. The minimum Gasteiger partial charge on any atom is -0.356 e. The lowest BCUT2D eigenvalue weighted by Gasteiger charge is -2.40. The fraction of sp³-hybridized carbons (Fsp3) is 0.929. The molecule has 2 aliphatic rings. The Morgan fingerprint density at radius 1 is 1.17 bits per heavy atom. The first-order valence-electron chi connectivity index (χ1n) is 7.43. The molecule has 2 N–H and O–H groups in total. The van der Waals surface area contributed by atoms with Crippen LogP contribution in [0.3, 0.4) is 0 Å². The van der Waals surface area contributed by atoms with E-state index in [0.29, 0.717) is 5.54 Å². The van der Waals surface area contributed by atoms with Crippen LogP contribution in [0.5, 0.6) is 0 Å². The average Bonchev–Trinajstić information content (AvgIpc) is 2.64. The second-order valence-electron chi connectivity index (χ2n) is 5.90. The molecule has 0 saturated heterocycles. The van der Waals surface area contributed by atoms with Crippen LogP contribution in [0.25, 0.3) is 0 Å². The fourth-order valence-electron chi connectivity index (χ4n) is 3.07. The van der Waals surface area contributed by atoms with Crippen LogP contribution >= 0.6 is 0 Å². The highest BCUT2D eigenvalue weighted by Crippen LogP contribution is 2.30. The number of hydrogen-bond acceptors (Lipinski definition) is 4. The van der Waals surface area contributed by atoms with Gasteiger partial charge in [-0.3, -0.25) is 4.99 Å². The molecule has 104 valence electrons. The van der Waals surface area contributed by atoms with Gasteiger partial charge in [-0.15, -0.1) is 0 Å². The summed E-state index contributed by atoms with van der Waals surface area (Å²) < 4.78 is 0. The van der Waals surface area contributed by atoms with Crippen LogP contribution in [0, 0.1) is 0 Å². The van der Waals surface area contributed by atoms with Crippen LogP contribution in [0.2, 0.25) is 0 Å². The molecule has 0 spiro atoms. The Morgan fingerprint density at radius 2 is 1.89 bits per heavy atom. The summed E-state index contributed by atoms with van der Waals surface area (Å²) >= 11 is 0. The topological polar surface area (TPSA) is 39.7 Å². The van der Waals surface area contributed by atoms with Gasteiger partial charge in [0, 0.05) is 25.2 Å². The summed E-state index contributed by atoms with van der Waals surface area (Å²) in [6.45, 7) is 3.04. The van der Waals surface area contributed by atoms with E-state index in [2.05, 4.69) is 34.6 Å². The van der Waals surface area contributed by atoms with Crippen molar-refractivity contribution >= 4 is 5.96 Å². The summed E-state index contributed by atoms with van der Waals surface area (Å²) in [6, 6.07) is 0. The van der Waals surface area contributed by atoms with Crippen LogP contribution < -0.4 is 10.6 Å². The standard InChI is InChI=1S/C14H28N4/c1-18(2)14(8-5-3-4-6-9-14)12-17-13-15-10-7-11-16-13/h3-12H2,1-2H3,(H2,15,16,17). The molecule has 0 atom stereocenters. The van der Waals surface area contributed by atoms with Gasteiger partial charge >= 0.3 is 0 Å². The molecule has 0 aromatic rings. The quantitative estimate of drug-likeness (QED) is 0.749. The van der Waals surface area contributed by atoms with Gasteiger partial charge in [-0.25, -0.2) is 0 Å². The van der Waals surface area contributed by atoms with E-state index in [-0.39, 0.29) is 0 Å². The van der Waals surface area contributed by atoms with E-state index in [1.807, 2.05) is 0 Å². The Morgan fingerprint density at radius 3 is 2.44 bits per heavy atom. The molecule has 18 heavy (non-hydrogen) atoms. The number of nitrogens with zero attached hydrogens (tertiary/aromatic N) is 2. The molecule has 4 heteroatoms. The first kappa shape index (κ1) is 13.7. The molecule has 0 aromatic heterocycles. The Labute approximate surface area is 111 Å². The van der Waals surface area contributed by atoms with E-state index in [1.165, 1.54) is 38.5 Å².